The number of rotatable bonds is 4. The van der Waals surface area contributed by atoms with Gasteiger partial charge in [0, 0.05) is 17.1 Å². The first-order valence-corrected chi connectivity index (χ1v) is 7.87. The molecule has 2 aromatic heterocycles. The fourth-order valence-electron chi connectivity index (χ4n) is 2.57. The third-order valence-corrected chi connectivity index (χ3v) is 3.82. The number of pyridine rings is 1. The van der Waals surface area contributed by atoms with E-state index in [1.165, 1.54) is 0 Å². The van der Waals surface area contributed by atoms with Crippen LogP contribution in [-0.2, 0) is 0 Å². The minimum absolute atomic E-state index is 0.129. The van der Waals surface area contributed by atoms with Crippen LogP contribution in [-0.4, -0.2) is 28.2 Å². The number of hydrogen-bond donors (Lipinski definition) is 1. The maximum absolute atomic E-state index is 12.5. The Labute approximate surface area is 148 Å². The second-order valence-electron chi connectivity index (χ2n) is 5.48. The van der Waals surface area contributed by atoms with Crippen molar-refractivity contribution in [2.45, 2.75) is 0 Å². The Morgan fingerprint density at radius 1 is 1.08 bits per heavy atom. The molecular formula is C19H14N4O3. The summed E-state index contributed by atoms with van der Waals surface area (Å²) in [6.07, 6.45) is 1.67. The molecule has 1 amide bonds. The van der Waals surface area contributed by atoms with Crippen LogP contribution in [0.25, 0.3) is 22.4 Å². The minimum atomic E-state index is -0.496. The molecule has 0 unspecified atom stereocenters. The smallest absolute Gasteiger partial charge is 0.313 e. The van der Waals surface area contributed by atoms with E-state index in [-0.39, 0.29) is 11.8 Å². The van der Waals surface area contributed by atoms with Crippen LogP contribution in [0.5, 0.6) is 5.75 Å². The molecule has 0 fully saturated rings. The number of carbonyl (C=O) groups excluding carboxylic acids is 1. The molecule has 0 bridgehead atoms. The highest BCUT2D eigenvalue weighted by atomic mass is 16.5. The molecule has 2 aromatic carbocycles. The Morgan fingerprint density at radius 3 is 2.81 bits per heavy atom. The van der Waals surface area contributed by atoms with Gasteiger partial charge in [-0.25, -0.2) is 0 Å². The van der Waals surface area contributed by atoms with Gasteiger partial charge in [0.05, 0.1) is 18.3 Å². The predicted octanol–water partition coefficient (Wildman–Crippen LogP) is 3.55. The Kier molecular flexibility index (Phi) is 4.03. The number of ether oxygens (including phenoxy) is 1. The first-order chi connectivity index (χ1) is 12.7. The summed E-state index contributed by atoms with van der Waals surface area (Å²) >= 11 is 0. The van der Waals surface area contributed by atoms with Gasteiger partial charge in [-0.3, -0.25) is 9.78 Å². The first kappa shape index (κ1) is 15.8. The van der Waals surface area contributed by atoms with Crippen LogP contribution in [0.1, 0.15) is 10.7 Å². The summed E-state index contributed by atoms with van der Waals surface area (Å²) in [4.78, 5) is 16.8. The van der Waals surface area contributed by atoms with Crippen molar-refractivity contribution in [3.63, 3.8) is 0 Å². The Bertz CT molecular complexity index is 1090. The summed E-state index contributed by atoms with van der Waals surface area (Å²) in [6.45, 7) is 0. The normalized spacial score (nSPS) is 10.7. The van der Waals surface area contributed by atoms with Crippen molar-refractivity contribution in [3.8, 4) is 17.2 Å². The van der Waals surface area contributed by atoms with Crippen LogP contribution < -0.4 is 10.1 Å². The van der Waals surface area contributed by atoms with E-state index < -0.39 is 5.91 Å². The van der Waals surface area contributed by atoms with E-state index in [9.17, 15) is 4.79 Å². The molecule has 0 saturated heterocycles. The van der Waals surface area contributed by atoms with Crippen LogP contribution in [0, 0.1) is 0 Å². The maximum atomic E-state index is 12.5. The monoisotopic (exact) mass is 346 g/mol. The Balaban J connectivity index is 1.60. The molecule has 0 aliphatic heterocycles. The minimum Gasteiger partial charge on any atom is -0.497 e. The lowest BCUT2D eigenvalue weighted by Crippen LogP contribution is -2.12. The van der Waals surface area contributed by atoms with Gasteiger partial charge in [0.25, 0.3) is 0 Å². The van der Waals surface area contributed by atoms with Crippen LogP contribution in [0.3, 0.4) is 0 Å². The summed E-state index contributed by atoms with van der Waals surface area (Å²) in [5.74, 6) is 0.277. The number of aromatic nitrogens is 3. The molecule has 2 heterocycles. The van der Waals surface area contributed by atoms with Crippen LogP contribution in [0.15, 0.2) is 65.2 Å². The van der Waals surface area contributed by atoms with Crippen molar-refractivity contribution in [2.75, 3.05) is 12.4 Å². The summed E-state index contributed by atoms with van der Waals surface area (Å²) in [6, 6.07) is 16.5. The van der Waals surface area contributed by atoms with E-state index in [0.29, 0.717) is 22.5 Å². The lowest BCUT2D eigenvalue weighted by Gasteiger charge is -2.05. The molecule has 4 aromatic rings. The fraction of sp³-hybridized carbons (Fsp3) is 0.0526. The lowest BCUT2D eigenvalue weighted by atomic mass is 10.2. The SMILES string of the molecule is COc1cccc(-c2nnc(C(=O)Nc3cccc4cccnc34)o2)c1. The van der Waals surface area contributed by atoms with Crippen molar-refractivity contribution in [1.82, 2.24) is 15.2 Å². The van der Waals surface area contributed by atoms with Crippen molar-refractivity contribution >= 4 is 22.5 Å². The molecule has 0 atom stereocenters. The van der Waals surface area contributed by atoms with Crippen molar-refractivity contribution in [3.05, 3.63) is 66.7 Å². The summed E-state index contributed by atoms with van der Waals surface area (Å²) in [5, 5.41) is 11.5. The Hall–Kier alpha value is -3.74. The average molecular weight is 346 g/mol. The van der Waals surface area contributed by atoms with Crippen LogP contribution in [0.2, 0.25) is 0 Å². The molecule has 26 heavy (non-hydrogen) atoms. The highest BCUT2D eigenvalue weighted by Gasteiger charge is 2.17. The highest BCUT2D eigenvalue weighted by Crippen LogP contribution is 2.24. The van der Waals surface area contributed by atoms with Gasteiger partial charge in [0.15, 0.2) is 0 Å². The molecule has 128 valence electrons. The zero-order chi connectivity index (χ0) is 17.9. The number of nitrogens with zero attached hydrogens (tertiary/aromatic N) is 3. The van der Waals surface area contributed by atoms with E-state index in [1.807, 2.05) is 24.3 Å². The molecule has 0 aliphatic rings. The lowest BCUT2D eigenvalue weighted by molar-refractivity contribution is 0.0991. The molecule has 0 aliphatic carbocycles. The first-order valence-electron chi connectivity index (χ1n) is 7.87. The summed E-state index contributed by atoms with van der Waals surface area (Å²) in [7, 11) is 1.57. The van der Waals surface area contributed by atoms with Gasteiger partial charge in [-0.05, 0) is 30.3 Å². The van der Waals surface area contributed by atoms with Crippen molar-refractivity contribution in [2.24, 2.45) is 0 Å². The maximum Gasteiger partial charge on any atom is 0.313 e. The van der Waals surface area contributed by atoms with Crippen LogP contribution >= 0.6 is 0 Å². The predicted molar refractivity (Wildman–Crippen MR) is 96.0 cm³/mol. The van der Waals surface area contributed by atoms with E-state index >= 15 is 0 Å². The number of nitrogens with one attached hydrogen (secondary N) is 1. The number of carbonyl (C=O) groups is 1. The number of hydrogen-bond acceptors (Lipinski definition) is 6. The van der Waals surface area contributed by atoms with Gasteiger partial charge in [-0.1, -0.05) is 24.3 Å². The van der Waals surface area contributed by atoms with Crippen LogP contribution in [0.4, 0.5) is 5.69 Å². The average Bonchev–Trinajstić information content (AvgIpc) is 3.19. The zero-order valence-electron chi connectivity index (χ0n) is 13.8. The number of benzene rings is 2. The van der Waals surface area contributed by atoms with E-state index in [0.717, 1.165) is 5.39 Å². The van der Waals surface area contributed by atoms with Gasteiger partial charge in [0.2, 0.25) is 5.89 Å². The molecule has 1 N–H and O–H groups in total. The quantitative estimate of drug-likeness (QED) is 0.608. The van der Waals surface area contributed by atoms with Gasteiger partial charge in [0.1, 0.15) is 5.75 Å². The van der Waals surface area contributed by atoms with Crippen molar-refractivity contribution in [1.29, 1.82) is 0 Å². The van der Waals surface area contributed by atoms with Gasteiger partial charge < -0.3 is 14.5 Å². The molecule has 0 spiro atoms. The number of anilines is 1. The third-order valence-electron chi connectivity index (χ3n) is 3.82. The second kappa shape index (κ2) is 6.64. The number of methoxy groups -OCH3 is 1. The molecule has 7 heteroatoms. The summed E-state index contributed by atoms with van der Waals surface area (Å²) < 4.78 is 10.7. The highest BCUT2D eigenvalue weighted by molar-refractivity contribution is 6.05. The molecule has 0 saturated carbocycles. The standard InChI is InChI=1S/C19H14N4O3/c1-25-14-8-2-6-13(11-14)18-22-23-19(26-18)17(24)21-15-9-3-5-12-7-4-10-20-16(12)15/h2-11H,1H3,(H,21,24). The van der Waals surface area contributed by atoms with Crippen molar-refractivity contribution < 1.29 is 13.9 Å². The zero-order valence-corrected chi connectivity index (χ0v) is 13.8. The summed E-state index contributed by atoms with van der Waals surface area (Å²) in [5.41, 5.74) is 1.94. The van der Waals surface area contributed by atoms with Gasteiger partial charge in [-0.15, -0.1) is 10.2 Å². The Morgan fingerprint density at radius 2 is 1.92 bits per heavy atom. The number of para-hydroxylation sites is 1. The van der Waals surface area contributed by atoms with Gasteiger partial charge in [-0.2, -0.15) is 0 Å². The fourth-order valence-corrected chi connectivity index (χ4v) is 2.57. The third kappa shape index (κ3) is 2.98. The molecule has 4 rings (SSSR count). The van der Waals surface area contributed by atoms with E-state index in [4.69, 9.17) is 9.15 Å². The number of amides is 1. The second-order valence-corrected chi connectivity index (χ2v) is 5.48. The van der Waals surface area contributed by atoms with E-state index in [1.54, 1.807) is 43.6 Å². The molecule has 0 radical (unpaired) electrons. The van der Waals surface area contributed by atoms with E-state index in [2.05, 4.69) is 20.5 Å². The molecular weight excluding hydrogens is 332 g/mol. The number of fused-ring (bicyclic) bond motifs is 1. The van der Waals surface area contributed by atoms with Gasteiger partial charge >= 0.3 is 11.8 Å². The largest absolute Gasteiger partial charge is 0.497 e. The topological polar surface area (TPSA) is 90.1 Å². The molecule has 7 nitrogen and oxygen atoms in total.